The van der Waals surface area contributed by atoms with Gasteiger partial charge in [0, 0.05) is 12.7 Å². The molecular formula is C10H19N3. The van der Waals surface area contributed by atoms with Gasteiger partial charge >= 0.3 is 0 Å². The first-order chi connectivity index (χ1) is 6.20. The van der Waals surface area contributed by atoms with Gasteiger partial charge < -0.3 is 5.32 Å². The molecule has 1 aromatic rings. The predicted octanol–water partition coefficient (Wildman–Crippen LogP) is 1.41. The van der Waals surface area contributed by atoms with E-state index >= 15 is 0 Å². The zero-order valence-corrected chi connectivity index (χ0v) is 8.80. The molecule has 1 aliphatic heterocycles. The van der Waals surface area contributed by atoms with Crippen molar-refractivity contribution < 1.29 is 0 Å². The van der Waals surface area contributed by atoms with E-state index < -0.39 is 0 Å². The fraction of sp³-hybridized carbons (Fsp3) is 0.700. The fourth-order valence-corrected chi connectivity index (χ4v) is 1.37. The molecule has 3 heteroatoms. The predicted molar refractivity (Wildman–Crippen MR) is 54.8 cm³/mol. The molecule has 1 aromatic heterocycles. The van der Waals surface area contributed by atoms with Crippen molar-refractivity contribution in [3.63, 3.8) is 0 Å². The Bertz CT molecular complexity index is 222. The molecule has 13 heavy (non-hydrogen) atoms. The van der Waals surface area contributed by atoms with Crippen molar-refractivity contribution in [2.45, 2.75) is 26.7 Å². The van der Waals surface area contributed by atoms with E-state index in [1.165, 1.54) is 31.6 Å². The summed E-state index contributed by atoms with van der Waals surface area (Å²) in [5, 5.41) is 7.35. The van der Waals surface area contributed by atoms with E-state index in [1.54, 1.807) is 0 Å². The van der Waals surface area contributed by atoms with Crippen LogP contribution in [0.4, 0.5) is 0 Å². The molecule has 0 unspecified atom stereocenters. The maximum absolute atomic E-state index is 4.13. The SMILES string of the molecule is C1CCNC1.Cc1cc(C)n(C)n1. The van der Waals surface area contributed by atoms with Gasteiger partial charge in [-0.05, 0) is 45.8 Å². The third-order valence-electron chi connectivity index (χ3n) is 2.19. The Kier molecular flexibility index (Phi) is 3.96. The summed E-state index contributed by atoms with van der Waals surface area (Å²) in [6.45, 7) is 6.53. The van der Waals surface area contributed by atoms with Gasteiger partial charge in [-0.15, -0.1) is 0 Å². The van der Waals surface area contributed by atoms with Crippen LogP contribution in [0.25, 0.3) is 0 Å². The first-order valence-electron chi connectivity index (χ1n) is 4.88. The normalized spacial score (nSPS) is 15.3. The van der Waals surface area contributed by atoms with E-state index in [-0.39, 0.29) is 0 Å². The molecule has 1 N–H and O–H groups in total. The summed E-state index contributed by atoms with van der Waals surface area (Å²) in [4.78, 5) is 0. The molecule has 0 radical (unpaired) electrons. The highest BCUT2D eigenvalue weighted by Crippen LogP contribution is 1.97. The molecule has 74 valence electrons. The Balaban J connectivity index is 0.000000145. The fourth-order valence-electron chi connectivity index (χ4n) is 1.37. The minimum absolute atomic E-state index is 1.09. The van der Waals surface area contributed by atoms with E-state index in [4.69, 9.17) is 0 Å². The lowest BCUT2D eigenvalue weighted by molar-refractivity contribution is 0.731. The number of nitrogens with one attached hydrogen (secondary N) is 1. The number of rotatable bonds is 0. The first kappa shape index (κ1) is 10.3. The van der Waals surface area contributed by atoms with E-state index in [0.29, 0.717) is 0 Å². The van der Waals surface area contributed by atoms with Gasteiger partial charge in [-0.3, -0.25) is 4.68 Å². The third-order valence-corrected chi connectivity index (χ3v) is 2.19. The Morgan fingerprint density at radius 2 is 1.92 bits per heavy atom. The molecule has 3 nitrogen and oxygen atoms in total. The summed E-state index contributed by atoms with van der Waals surface area (Å²) < 4.78 is 1.87. The summed E-state index contributed by atoms with van der Waals surface area (Å²) in [6.07, 6.45) is 2.78. The van der Waals surface area contributed by atoms with Crippen LogP contribution in [0.2, 0.25) is 0 Å². The molecule has 0 amide bonds. The molecule has 0 bridgehead atoms. The second kappa shape index (κ2) is 5.02. The van der Waals surface area contributed by atoms with Crippen LogP contribution in [0, 0.1) is 13.8 Å². The number of hydrogen-bond donors (Lipinski definition) is 1. The van der Waals surface area contributed by atoms with Crippen molar-refractivity contribution in [2.75, 3.05) is 13.1 Å². The van der Waals surface area contributed by atoms with E-state index in [1.807, 2.05) is 25.6 Å². The summed E-state index contributed by atoms with van der Waals surface area (Å²) in [5.74, 6) is 0. The van der Waals surface area contributed by atoms with Crippen LogP contribution in [-0.2, 0) is 7.05 Å². The lowest BCUT2D eigenvalue weighted by Gasteiger charge is -1.87. The average molecular weight is 181 g/mol. The smallest absolute Gasteiger partial charge is 0.0596 e. The van der Waals surface area contributed by atoms with E-state index in [0.717, 1.165) is 5.69 Å². The van der Waals surface area contributed by atoms with Crippen molar-refractivity contribution in [1.29, 1.82) is 0 Å². The number of nitrogens with zero attached hydrogens (tertiary/aromatic N) is 2. The summed E-state index contributed by atoms with van der Waals surface area (Å²) in [7, 11) is 1.95. The van der Waals surface area contributed by atoms with Crippen molar-refractivity contribution in [3.05, 3.63) is 17.5 Å². The molecule has 0 atom stereocenters. The molecule has 0 aliphatic carbocycles. The maximum atomic E-state index is 4.13. The van der Waals surface area contributed by atoms with Crippen LogP contribution in [0.5, 0.6) is 0 Å². The highest BCUT2D eigenvalue weighted by atomic mass is 15.3. The molecule has 2 heterocycles. The van der Waals surface area contributed by atoms with Crippen molar-refractivity contribution in [1.82, 2.24) is 15.1 Å². The topological polar surface area (TPSA) is 29.9 Å². The van der Waals surface area contributed by atoms with Gasteiger partial charge in [0.05, 0.1) is 5.69 Å². The lowest BCUT2D eigenvalue weighted by Crippen LogP contribution is -2.03. The molecule has 2 rings (SSSR count). The van der Waals surface area contributed by atoms with Gasteiger partial charge in [-0.1, -0.05) is 0 Å². The van der Waals surface area contributed by atoms with Gasteiger partial charge in [0.1, 0.15) is 0 Å². The summed E-state index contributed by atoms with van der Waals surface area (Å²) in [5.41, 5.74) is 2.30. The first-order valence-corrected chi connectivity index (χ1v) is 4.88. The van der Waals surface area contributed by atoms with Crippen molar-refractivity contribution in [3.8, 4) is 0 Å². The highest BCUT2D eigenvalue weighted by Gasteiger charge is 1.93. The molecule has 1 fully saturated rings. The van der Waals surface area contributed by atoms with Gasteiger partial charge in [-0.2, -0.15) is 5.10 Å². The van der Waals surface area contributed by atoms with Gasteiger partial charge in [0.15, 0.2) is 0 Å². The zero-order chi connectivity index (χ0) is 9.68. The van der Waals surface area contributed by atoms with Crippen LogP contribution in [0.15, 0.2) is 6.07 Å². The monoisotopic (exact) mass is 181 g/mol. The summed E-state index contributed by atoms with van der Waals surface area (Å²) >= 11 is 0. The van der Waals surface area contributed by atoms with Crippen LogP contribution in [0.3, 0.4) is 0 Å². The Labute approximate surface area is 80.1 Å². The zero-order valence-electron chi connectivity index (χ0n) is 8.80. The van der Waals surface area contributed by atoms with Crippen molar-refractivity contribution in [2.24, 2.45) is 7.05 Å². The third kappa shape index (κ3) is 3.59. The molecule has 0 aromatic carbocycles. The standard InChI is InChI=1S/C6H10N2.C4H9N/c1-5-4-6(2)8(3)7-5;1-2-4-5-3-1/h4H,1-3H3;5H,1-4H2. The van der Waals surface area contributed by atoms with E-state index in [2.05, 4.69) is 16.5 Å². The second-order valence-corrected chi connectivity index (χ2v) is 3.51. The Morgan fingerprint density at radius 1 is 1.31 bits per heavy atom. The molecule has 1 saturated heterocycles. The quantitative estimate of drug-likeness (QED) is 0.656. The second-order valence-electron chi connectivity index (χ2n) is 3.51. The largest absolute Gasteiger partial charge is 0.317 e. The maximum Gasteiger partial charge on any atom is 0.0596 e. The number of hydrogen-bond acceptors (Lipinski definition) is 2. The minimum atomic E-state index is 1.09. The number of aromatic nitrogens is 2. The lowest BCUT2D eigenvalue weighted by atomic mass is 10.4. The van der Waals surface area contributed by atoms with E-state index in [9.17, 15) is 0 Å². The minimum Gasteiger partial charge on any atom is -0.317 e. The van der Waals surface area contributed by atoms with Crippen LogP contribution in [-0.4, -0.2) is 22.9 Å². The molecule has 0 spiro atoms. The van der Waals surface area contributed by atoms with Crippen LogP contribution in [0.1, 0.15) is 24.2 Å². The van der Waals surface area contributed by atoms with Gasteiger partial charge in [-0.25, -0.2) is 0 Å². The van der Waals surface area contributed by atoms with Crippen LogP contribution < -0.4 is 5.32 Å². The summed E-state index contributed by atoms with van der Waals surface area (Å²) in [6, 6.07) is 2.06. The molecular weight excluding hydrogens is 162 g/mol. The molecule has 0 saturated carbocycles. The van der Waals surface area contributed by atoms with Crippen LogP contribution >= 0.6 is 0 Å². The van der Waals surface area contributed by atoms with Gasteiger partial charge in [0.25, 0.3) is 0 Å². The highest BCUT2D eigenvalue weighted by molar-refractivity contribution is 5.05. The number of aryl methyl sites for hydroxylation is 3. The Hall–Kier alpha value is -0.830. The average Bonchev–Trinajstić information content (AvgIpc) is 2.66. The molecule has 1 aliphatic rings. The van der Waals surface area contributed by atoms with Gasteiger partial charge in [0.2, 0.25) is 0 Å². The van der Waals surface area contributed by atoms with Crippen molar-refractivity contribution >= 4 is 0 Å². The Morgan fingerprint density at radius 3 is 2.08 bits per heavy atom.